The number of hydrogen-bond acceptors (Lipinski definition) is 5. The predicted octanol–water partition coefficient (Wildman–Crippen LogP) is -0.0713. The van der Waals surface area contributed by atoms with Crippen molar-refractivity contribution in [2.24, 2.45) is 0 Å². The molecule has 3 heterocycles. The lowest BCUT2D eigenvalue weighted by molar-refractivity contribution is -0.136. The summed E-state index contributed by atoms with van der Waals surface area (Å²) in [7, 11) is 0. The molecule has 8 heteroatoms. The quantitative estimate of drug-likeness (QED) is 0.827. The van der Waals surface area contributed by atoms with Crippen molar-refractivity contribution in [3.05, 3.63) is 28.2 Å². The first-order chi connectivity index (χ1) is 12.0. The molecule has 0 aliphatic carbocycles. The number of carbonyl (C=O) groups excluding carboxylic acids is 2. The Morgan fingerprint density at radius 2 is 1.92 bits per heavy atom. The van der Waals surface area contributed by atoms with Gasteiger partial charge in [0.05, 0.1) is 6.54 Å². The second-order valence-corrected chi connectivity index (χ2v) is 6.81. The number of hydrogen-bond donors (Lipinski definition) is 1. The van der Waals surface area contributed by atoms with Gasteiger partial charge in [0.2, 0.25) is 5.91 Å². The molecule has 0 radical (unpaired) electrons. The van der Waals surface area contributed by atoms with Crippen LogP contribution in [0.5, 0.6) is 0 Å². The van der Waals surface area contributed by atoms with Crippen LogP contribution >= 0.6 is 0 Å². The summed E-state index contributed by atoms with van der Waals surface area (Å²) in [4.78, 5) is 41.7. The monoisotopic (exact) mass is 347 g/mol. The highest BCUT2D eigenvalue weighted by Crippen LogP contribution is 2.17. The highest BCUT2D eigenvalue weighted by Gasteiger charge is 2.27. The fraction of sp³-hybridized carbons (Fsp3) is 0.647. The van der Waals surface area contributed by atoms with Gasteiger partial charge in [-0.2, -0.15) is 5.10 Å². The Labute approximate surface area is 146 Å². The predicted molar refractivity (Wildman–Crippen MR) is 92.2 cm³/mol. The Morgan fingerprint density at radius 1 is 1.16 bits per heavy atom. The maximum absolute atomic E-state index is 12.5. The minimum Gasteiger partial charge on any atom is -0.339 e. The number of aromatic amines is 1. The largest absolute Gasteiger partial charge is 0.339 e. The van der Waals surface area contributed by atoms with Crippen molar-refractivity contribution in [2.45, 2.75) is 32.2 Å². The molecule has 8 nitrogen and oxygen atoms in total. The average Bonchev–Trinajstić information content (AvgIpc) is 2.63. The summed E-state index contributed by atoms with van der Waals surface area (Å²) in [5, 5.41) is 6.07. The van der Waals surface area contributed by atoms with Gasteiger partial charge in [0.1, 0.15) is 5.69 Å². The van der Waals surface area contributed by atoms with E-state index in [4.69, 9.17) is 0 Å². The minimum atomic E-state index is -0.327. The smallest absolute Gasteiger partial charge is 0.274 e. The number of carbonyl (C=O) groups is 2. The zero-order valence-electron chi connectivity index (χ0n) is 14.6. The third-order valence-corrected chi connectivity index (χ3v) is 5.04. The van der Waals surface area contributed by atoms with E-state index in [9.17, 15) is 14.4 Å². The van der Waals surface area contributed by atoms with E-state index in [-0.39, 0.29) is 23.1 Å². The maximum atomic E-state index is 12.5. The zero-order valence-corrected chi connectivity index (χ0v) is 14.6. The molecule has 1 unspecified atom stereocenters. The van der Waals surface area contributed by atoms with Crippen molar-refractivity contribution in [1.82, 2.24) is 24.9 Å². The molecule has 1 aromatic rings. The van der Waals surface area contributed by atoms with Crippen LogP contribution in [0.25, 0.3) is 0 Å². The molecular weight excluding hydrogens is 322 g/mol. The molecule has 1 atom stereocenters. The summed E-state index contributed by atoms with van der Waals surface area (Å²) in [6.07, 6.45) is 3.37. The van der Waals surface area contributed by atoms with Gasteiger partial charge in [-0.15, -0.1) is 0 Å². The van der Waals surface area contributed by atoms with Crippen LogP contribution in [0.3, 0.4) is 0 Å². The number of piperidine rings is 1. The summed E-state index contributed by atoms with van der Waals surface area (Å²) in [5.41, 5.74) is -0.0851. The van der Waals surface area contributed by atoms with Crippen molar-refractivity contribution in [3.63, 3.8) is 0 Å². The van der Waals surface area contributed by atoms with E-state index in [1.54, 1.807) is 4.90 Å². The second kappa shape index (κ2) is 7.77. The molecule has 0 saturated carbocycles. The van der Waals surface area contributed by atoms with Crippen molar-refractivity contribution < 1.29 is 9.59 Å². The first-order valence-electron chi connectivity index (χ1n) is 8.91. The molecule has 1 aromatic heterocycles. The fourth-order valence-corrected chi connectivity index (χ4v) is 3.49. The van der Waals surface area contributed by atoms with Gasteiger partial charge in [-0.1, -0.05) is 0 Å². The van der Waals surface area contributed by atoms with E-state index in [0.29, 0.717) is 38.8 Å². The van der Waals surface area contributed by atoms with E-state index in [2.05, 4.69) is 22.0 Å². The fourth-order valence-electron chi connectivity index (χ4n) is 3.49. The number of nitrogens with one attached hydrogen (secondary N) is 1. The van der Waals surface area contributed by atoms with Gasteiger partial charge in [0, 0.05) is 44.8 Å². The molecule has 3 rings (SSSR count). The third kappa shape index (κ3) is 4.25. The normalized spacial score (nSPS) is 22.0. The molecule has 0 bridgehead atoms. The molecule has 25 heavy (non-hydrogen) atoms. The van der Waals surface area contributed by atoms with Gasteiger partial charge < -0.3 is 9.80 Å². The Bertz CT molecular complexity index is 661. The van der Waals surface area contributed by atoms with Crippen LogP contribution < -0.4 is 5.56 Å². The van der Waals surface area contributed by atoms with Gasteiger partial charge >= 0.3 is 0 Å². The molecule has 2 saturated heterocycles. The highest BCUT2D eigenvalue weighted by molar-refractivity contribution is 5.92. The molecule has 0 spiro atoms. The number of rotatable bonds is 3. The number of likely N-dealkylation sites (tertiary alicyclic amines) is 1. The van der Waals surface area contributed by atoms with Crippen LogP contribution in [0.4, 0.5) is 0 Å². The van der Waals surface area contributed by atoms with E-state index >= 15 is 0 Å². The summed E-state index contributed by atoms with van der Waals surface area (Å²) in [6, 6.07) is 3.07. The summed E-state index contributed by atoms with van der Waals surface area (Å²) in [5.74, 6) is 0.00107. The van der Waals surface area contributed by atoms with Gasteiger partial charge in [-0.25, -0.2) is 5.10 Å². The lowest BCUT2D eigenvalue weighted by Crippen LogP contribution is -2.53. The molecule has 2 fully saturated rings. The van der Waals surface area contributed by atoms with Gasteiger partial charge in [0.15, 0.2) is 0 Å². The SMILES string of the molecule is CC1CCCCN1C(=O)CN1CCN(C(=O)c2ccc(=O)[nH]n2)CC1. The third-order valence-electron chi connectivity index (χ3n) is 5.04. The molecular formula is C17H25N5O3. The maximum Gasteiger partial charge on any atom is 0.274 e. The molecule has 136 valence electrons. The van der Waals surface area contributed by atoms with Crippen molar-refractivity contribution >= 4 is 11.8 Å². The Morgan fingerprint density at radius 3 is 2.56 bits per heavy atom. The average molecular weight is 347 g/mol. The number of aromatic nitrogens is 2. The van der Waals surface area contributed by atoms with E-state index in [1.165, 1.54) is 18.6 Å². The summed E-state index contributed by atoms with van der Waals surface area (Å²) >= 11 is 0. The van der Waals surface area contributed by atoms with Crippen LogP contribution in [0.15, 0.2) is 16.9 Å². The van der Waals surface area contributed by atoms with Crippen LogP contribution in [0.1, 0.15) is 36.7 Å². The summed E-state index contributed by atoms with van der Waals surface area (Å²) < 4.78 is 0. The zero-order chi connectivity index (χ0) is 17.8. The van der Waals surface area contributed by atoms with Crippen molar-refractivity contribution in [1.29, 1.82) is 0 Å². The van der Waals surface area contributed by atoms with Gasteiger partial charge in [-0.3, -0.25) is 19.3 Å². The summed E-state index contributed by atoms with van der Waals surface area (Å²) in [6.45, 7) is 5.85. The van der Waals surface area contributed by atoms with Gasteiger partial charge in [-0.05, 0) is 32.3 Å². The highest BCUT2D eigenvalue weighted by atomic mass is 16.2. The lowest BCUT2D eigenvalue weighted by atomic mass is 10.0. The van der Waals surface area contributed by atoms with Crippen LogP contribution in [0.2, 0.25) is 0 Å². The minimum absolute atomic E-state index is 0.188. The van der Waals surface area contributed by atoms with Gasteiger partial charge in [0.25, 0.3) is 11.5 Å². The number of nitrogens with zero attached hydrogens (tertiary/aromatic N) is 4. The van der Waals surface area contributed by atoms with E-state index in [1.807, 2.05) is 4.90 Å². The number of piperazine rings is 1. The van der Waals surface area contributed by atoms with E-state index in [0.717, 1.165) is 19.4 Å². The van der Waals surface area contributed by atoms with Crippen molar-refractivity contribution in [2.75, 3.05) is 39.3 Å². The standard InChI is InChI=1S/C17H25N5O3/c1-13-4-2-3-7-22(13)16(24)12-20-8-10-21(11-9-20)17(25)14-5-6-15(23)19-18-14/h5-6,13H,2-4,7-12H2,1H3,(H,19,23). The first-order valence-corrected chi connectivity index (χ1v) is 8.91. The Balaban J connectivity index is 1.50. The van der Waals surface area contributed by atoms with Crippen LogP contribution in [-0.2, 0) is 4.79 Å². The van der Waals surface area contributed by atoms with E-state index < -0.39 is 0 Å². The molecule has 2 aliphatic heterocycles. The topological polar surface area (TPSA) is 89.6 Å². The lowest BCUT2D eigenvalue weighted by Gasteiger charge is -2.38. The molecule has 2 amide bonds. The Kier molecular flexibility index (Phi) is 5.47. The Hall–Kier alpha value is -2.22. The molecule has 1 N–H and O–H groups in total. The van der Waals surface area contributed by atoms with Crippen LogP contribution in [0, 0.1) is 0 Å². The first kappa shape index (κ1) is 17.6. The molecule has 2 aliphatic rings. The number of amides is 2. The van der Waals surface area contributed by atoms with Crippen LogP contribution in [-0.4, -0.2) is 82.0 Å². The second-order valence-electron chi connectivity index (χ2n) is 6.81. The number of H-pyrrole nitrogens is 1. The van der Waals surface area contributed by atoms with Crippen molar-refractivity contribution in [3.8, 4) is 0 Å². The molecule has 0 aromatic carbocycles.